The second-order valence-corrected chi connectivity index (χ2v) is 7.09. The predicted molar refractivity (Wildman–Crippen MR) is 116 cm³/mol. The molecule has 0 fully saturated rings. The molecule has 0 saturated heterocycles. The minimum absolute atomic E-state index is 0.0258. The molecule has 160 valence electrons. The minimum Gasteiger partial charge on any atom is -0.462 e. The van der Waals surface area contributed by atoms with E-state index in [1.54, 1.807) is 55.5 Å². The molecule has 0 atom stereocenters. The summed E-state index contributed by atoms with van der Waals surface area (Å²) in [5.74, 6) is -1.19. The maximum Gasteiger partial charge on any atom is 0.346 e. The molecule has 0 aliphatic carbocycles. The molecule has 0 unspecified atom stereocenters. The number of ether oxygens (including phenoxy) is 1. The van der Waals surface area contributed by atoms with Gasteiger partial charge >= 0.3 is 5.97 Å². The van der Waals surface area contributed by atoms with Crippen molar-refractivity contribution in [3.05, 3.63) is 70.7 Å². The van der Waals surface area contributed by atoms with E-state index in [1.807, 2.05) is 6.07 Å². The van der Waals surface area contributed by atoms with Crippen LogP contribution < -0.4 is 5.32 Å². The van der Waals surface area contributed by atoms with Gasteiger partial charge in [0.15, 0.2) is 11.3 Å². The lowest BCUT2D eigenvalue weighted by Gasteiger charge is -2.06. The average molecular weight is 441 g/mol. The Balaban J connectivity index is 1.68. The van der Waals surface area contributed by atoms with Crippen LogP contribution in [-0.2, 0) is 9.53 Å². The van der Waals surface area contributed by atoms with Gasteiger partial charge in [0.2, 0.25) is 11.8 Å². The lowest BCUT2D eigenvalue weighted by atomic mass is 10.1. The van der Waals surface area contributed by atoms with Crippen molar-refractivity contribution in [2.24, 2.45) is 0 Å². The number of esters is 1. The summed E-state index contributed by atoms with van der Waals surface area (Å²) in [6, 6.07) is 15.6. The number of Topliss-reactive ketones (excluding diaryl/α,β-unsaturated/α-hetero) is 1. The Kier molecular flexibility index (Phi) is 7.56. The summed E-state index contributed by atoms with van der Waals surface area (Å²) < 4.78 is 10.3. The zero-order valence-electron chi connectivity index (χ0n) is 16.9. The number of carbonyl (C=O) groups is 3. The standard InChI is InChI=1S/C23H21ClN2O5/c1-2-30-23(29)20-21(16-11-13-17(24)14-12-16)26-31-22(20)25-19(28)10-6-9-18(27)15-7-4-3-5-8-15/h3-5,7-8,11-14H,2,6,9-10H2,1H3,(H,25,28). The van der Waals surface area contributed by atoms with Gasteiger partial charge in [-0.1, -0.05) is 59.2 Å². The van der Waals surface area contributed by atoms with Gasteiger partial charge in [0.1, 0.15) is 5.69 Å². The van der Waals surface area contributed by atoms with E-state index in [9.17, 15) is 14.4 Å². The van der Waals surface area contributed by atoms with Crippen LogP contribution >= 0.6 is 11.6 Å². The van der Waals surface area contributed by atoms with E-state index in [0.29, 0.717) is 22.6 Å². The van der Waals surface area contributed by atoms with E-state index in [2.05, 4.69) is 10.5 Å². The van der Waals surface area contributed by atoms with Crippen molar-refractivity contribution in [1.82, 2.24) is 5.16 Å². The molecule has 8 heteroatoms. The number of hydrogen-bond acceptors (Lipinski definition) is 6. The van der Waals surface area contributed by atoms with Crippen LogP contribution in [0.4, 0.5) is 5.88 Å². The minimum atomic E-state index is -0.664. The van der Waals surface area contributed by atoms with Crippen LogP contribution in [-0.4, -0.2) is 29.4 Å². The molecule has 3 rings (SSSR count). The molecule has 1 amide bonds. The fraction of sp³-hybridized carbons (Fsp3) is 0.217. The van der Waals surface area contributed by atoms with Gasteiger partial charge in [-0.2, -0.15) is 0 Å². The van der Waals surface area contributed by atoms with Gasteiger partial charge in [-0.15, -0.1) is 0 Å². The molecule has 0 spiro atoms. The van der Waals surface area contributed by atoms with Crippen LogP contribution in [0.2, 0.25) is 5.02 Å². The van der Waals surface area contributed by atoms with E-state index in [0.717, 1.165) is 0 Å². The molecule has 0 saturated carbocycles. The van der Waals surface area contributed by atoms with Crippen molar-refractivity contribution in [1.29, 1.82) is 0 Å². The summed E-state index contributed by atoms with van der Waals surface area (Å²) in [4.78, 5) is 37.0. The zero-order chi connectivity index (χ0) is 22.2. The smallest absolute Gasteiger partial charge is 0.346 e. The van der Waals surface area contributed by atoms with Gasteiger partial charge in [0.05, 0.1) is 6.61 Å². The highest BCUT2D eigenvalue weighted by molar-refractivity contribution is 6.30. The molecule has 0 radical (unpaired) electrons. The molecular formula is C23H21ClN2O5. The Bertz CT molecular complexity index is 1060. The first-order chi connectivity index (χ1) is 15.0. The Morgan fingerprint density at radius 2 is 1.74 bits per heavy atom. The quantitative estimate of drug-likeness (QED) is 0.364. The highest BCUT2D eigenvalue weighted by Gasteiger charge is 2.26. The van der Waals surface area contributed by atoms with E-state index >= 15 is 0 Å². The van der Waals surface area contributed by atoms with E-state index < -0.39 is 11.9 Å². The molecule has 0 aliphatic heterocycles. The van der Waals surface area contributed by atoms with Gasteiger partial charge in [-0.05, 0) is 25.5 Å². The molecule has 1 aromatic heterocycles. The van der Waals surface area contributed by atoms with Crippen LogP contribution in [0.25, 0.3) is 11.3 Å². The summed E-state index contributed by atoms with van der Waals surface area (Å²) in [6.45, 7) is 1.83. The van der Waals surface area contributed by atoms with Gasteiger partial charge in [0.25, 0.3) is 0 Å². The second-order valence-electron chi connectivity index (χ2n) is 6.65. The third-order valence-corrected chi connectivity index (χ3v) is 4.70. The summed E-state index contributed by atoms with van der Waals surface area (Å²) in [7, 11) is 0. The van der Waals surface area contributed by atoms with Crippen molar-refractivity contribution >= 4 is 35.1 Å². The second kappa shape index (κ2) is 10.5. The predicted octanol–water partition coefficient (Wildman–Crippen LogP) is 5.16. The van der Waals surface area contributed by atoms with Crippen molar-refractivity contribution in [3.8, 4) is 11.3 Å². The zero-order valence-corrected chi connectivity index (χ0v) is 17.6. The topological polar surface area (TPSA) is 98.5 Å². The number of amides is 1. The monoisotopic (exact) mass is 440 g/mol. The van der Waals surface area contributed by atoms with Gasteiger partial charge < -0.3 is 9.26 Å². The maximum absolute atomic E-state index is 12.5. The summed E-state index contributed by atoms with van der Waals surface area (Å²) in [5, 5.41) is 7.02. The van der Waals surface area contributed by atoms with E-state index in [-0.39, 0.29) is 42.4 Å². The Morgan fingerprint density at radius 3 is 2.42 bits per heavy atom. The van der Waals surface area contributed by atoms with Gasteiger partial charge in [0, 0.05) is 29.0 Å². The number of rotatable bonds is 9. The van der Waals surface area contributed by atoms with Gasteiger partial charge in [-0.25, -0.2) is 4.79 Å². The number of nitrogens with zero attached hydrogens (tertiary/aromatic N) is 1. The lowest BCUT2D eigenvalue weighted by Crippen LogP contribution is -2.15. The first kappa shape index (κ1) is 22.2. The van der Waals surface area contributed by atoms with Crippen LogP contribution in [0.15, 0.2) is 59.1 Å². The highest BCUT2D eigenvalue weighted by atomic mass is 35.5. The molecule has 0 aliphatic rings. The van der Waals surface area contributed by atoms with Crippen molar-refractivity contribution in [3.63, 3.8) is 0 Å². The Labute approximate surface area is 184 Å². The molecular weight excluding hydrogens is 420 g/mol. The SMILES string of the molecule is CCOC(=O)c1c(-c2ccc(Cl)cc2)noc1NC(=O)CCCC(=O)c1ccccc1. The molecule has 1 heterocycles. The van der Waals surface area contributed by atoms with Crippen molar-refractivity contribution in [2.75, 3.05) is 11.9 Å². The Hall–Kier alpha value is -3.45. The first-order valence-electron chi connectivity index (χ1n) is 9.80. The number of nitrogens with one attached hydrogen (secondary N) is 1. The van der Waals surface area contributed by atoms with Crippen LogP contribution in [0.5, 0.6) is 0 Å². The third kappa shape index (κ3) is 5.79. The molecule has 1 N–H and O–H groups in total. The summed E-state index contributed by atoms with van der Waals surface area (Å²) in [6.07, 6.45) is 0.666. The maximum atomic E-state index is 12.5. The number of anilines is 1. The summed E-state index contributed by atoms with van der Waals surface area (Å²) in [5.41, 5.74) is 1.46. The average Bonchev–Trinajstić information content (AvgIpc) is 3.18. The number of aromatic nitrogens is 1. The van der Waals surface area contributed by atoms with E-state index in [1.165, 1.54) is 0 Å². The normalized spacial score (nSPS) is 10.5. The molecule has 31 heavy (non-hydrogen) atoms. The number of halogens is 1. The van der Waals surface area contributed by atoms with Crippen LogP contribution in [0, 0.1) is 0 Å². The lowest BCUT2D eigenvalue weighted by molar-refractivity contribution is -0.116. The fourth-order valence-corrected chi connectivity index (χ4v) is 3.07. The molecule has 7 nitrogen and oxygen atoms in total. The summed E-state index contributed by atoms with van der Waals surface area (Å²) >= 11 is 5.92. The van der Waals surface area contributed by atoms with Crippen LogP contribution in [0.3, 0.4) is 0 Å². The number of benzene rings is 2. The van der Waals surface area contributed by atoms with Crippen LogP contribution in [0.1, 0.15) is 46.9 Å². The number of carbonyl (C=O) groups excluding carboxylic acids is 3. The Morgan fingerprint density at radius 1 is 1.03 bits per heavy atom. The molecule has 3 aromatic rings. The third-order valence-electron chi connectivity index (χ3n) is 4.45. The largest absolute Gasteiger partial charge is 0.462 e. The van der Waals surface area contributed by atoms with Gasteiger partial charge in [-0.3, -0.25) is 14.9 Å². The van der Waals surface area contributed by atoms with Crippen molar-refractivity contribution < 1.29 is 23.6 Å². The van der Waals surface area contributed by atoms with E-state index in [4.69, 9.17) is 20.9 Å². The first-order valence-corrected chi connectivity index (χ1v) is 10.2. The number of ketones is 1. The fourth-order valence-electron chi connectivity index (χ4n) is 2.94. The molecule has 0 bridgehead atoms. The highest BCUT2D eigenvalue weighted by Crippen LogP contribution is 2.30. The van der Waals surface area contributed by atoms with Crippen molar-refractivity contribution in [2.45, 2.75) is 26.2 Å². The molecule has 2 aromatic carbocycles. The number of hydrogen-bond donors (Lipinski definition) is 1.